The van der Waals surface area contributed by atoms with Crippen molar-refractivity contribution in [2.45, 2.75) is 46.1 Å². The van der Waals surface area contributed by atoms with Crippen molar-refractivity contribution < 1.29 is 4.92 Å². The molecule has 2 rings (SSSR count). The summed E-state index contributed by atoms with van der Waals surface area (Å²) in [6, 6.07) is 3.85. The van der Waals surface area contributed by atoms with Crippen LogP contribution in [0.5, 0.6) is 0 Å². The Hall–Kier alpha value is -1.10. The monoisotopic (exact) mass is 340 g/mol. The van der Waals surface area contributed by atoms with E-state index in [1.54, 1.807) is 13.0 Å². The van der Waals surface area contributed by atoms with Crippen LogP contribution in [0.2, 0.25) is 0 Å². The third-order valence-corrected chi connectivity index (χ3v) is 4.68. The number of nitrogens with zero attached hydrogens (tertiary/aromatic N) is 1. The summed E-state index contributed by atoms with van der Waals surface area (Å²) in [7, 11) is 0. The van der Waals surface area contributed by atoms with Crippen molar-refractivity contribution in [2.24, 2.45) is 11.8 Å². The predicted octanol–water partition coefficient (Wildman–Crippen LogP) is 4.90. The summed E-state index contributed by atoms with van der Waals surface area (Å²) in [6.45, 7) is 6.31. The van der Waals surface area contributed by atoms with Crippen LogP contribution in [0.25, 0.3) is 0 Å². The number of halogens is 1. The van der Waals surface area contributed by atoms with Gasteiger partial charge in [0.15, 0.2) is 0 Å². The van der Waals surface area contributed by atoms with E-state index >= 15 is 0 Å². The van der Waals surface area contributed by atoms with Gasteiger partial charge in [-0.2, -0.15) is 0 Å². The summed E-state index contributed by atoms with van der Waals surface area (Å²) in [6.07, 6.45) is 3.52. The van der Waals surface area contributed by atoms with Gasteiger partial charge in [0.25, 0.3) is 5.69 Å². The third-order valence-electron chi connectivity index (χ3n) is 4.02. The van der Waals surface area contributed by atoms with E-state index in [0.717, 1.165) is 23.0 Å². The lowest BCUT2D eigenvalue weighted by molar-refractivity contribution is -0.385. The largest absolute Gasteiger partial charge is 0.381 e. The van der Waals surface area contributed by atoms with Crippen molar-refractivity contribution in [1.29, 1.82) is 0 Å². The van der Waals surface area contributed by atoms with E-state index in [0.29, 0.717) is 23.4 Å². The minimum atomic E-state index is -0.320. The van der Waals surface area contributed by atoms with E-state index in [4.69, 9.17) is 0 Å². The summed E-state index contributed by atoms with van der Waals surface area (Å²) in [5.41, 5.74) is 1.68. The fraction of sp³-hybridized carbons (Fsp3) is 0.600. The SMILES string of the molecule is Cc1cc(Br)c(NC2CC(C)CC(C)C2)cc1[N+](=O)[O-]. The molecule has 4 nitrogen and oxygen atoms in total. The van der Waals surface area contributed by atoms with Crippen molar-refractivity contribution in [1.82, 2.24) is 0 Å². The molecule has 0 heterocycles. The first kappa shape index (κ1) is 15.3. The molecule has 1 N–H and O–H groups in total. The average Bonchev–Trinajstić information content (AvgIpc) is 2.30. The fourth-order valence-corrected chi connectivity index (χ4v) is 3.83. The number of hydrogen-bond acceptors (Lipinski definition) is 3. The van der Waals surface area contributed by atoms with Gasteiger partial charge in [0, 0.05) is 22.1 Å². The number of nitro groups is 1. The van der Waals surface area contributed by atoms with Crippen molar-refractivity contribution >= 4 is 27.3 Å². The van der Waals surface area contributed by atoms with E-state index < -0.39 is 0 Å². The second-order valence-electron chi connectivity index (χ2n) is 6.13. The Bertz CT molecular complexity index is 509. The Kier molecular flexibility index (Phi) is 4.68. The van der Waals surface area contributed by atoms with Crippen LogP contribution in [0.4, 0.5) is 11.4 Å². The second-order valence-corrected chi connectivity index (χ2v) is 6.99. The van der Waals surface area contributed by atoms with Gasteiger partial charge in [0.1, 0.15) is 0 Å². The van der Waals surface area contributed by atoms with Crippen LogP contribution in [-0.4, -0.2) is 11.0 Å². The van der Waals surface area contributed by atoms with Crippen molar-refractivity contribution in [2.75, 3.05) is 5.32 Å². The second kappa shape index (κ2) is 6.12. The molecule has 2 unspecified atom stereocenters. The first-order valence-corrected chi connectivity index (χ1v) is 7.87. The highest BCUT2D eigenvalue weighted by Gasteiger charge is 2.25. The molecule has 1 fully saturated rings. The number of aryl methyl sites for hydroxylation is 1. The molecule has 1 aliphatic rings. The molecule has 0 saturated heterocycles. The molecule has 20 heavy (non-hydrogen) atoms. The molecule has 1 aliphatic carbocycles. The van der Waals surface area contributed by atoms with Gasteiger partial charge in [0.05, 0.1) is 10.6 Å². The molecule has 0 bridgehead atoms. The lowest BCUT2D eigenvalue weighted by Crippen LogP contribution is -2.30. The van der Waals surface area contributed by atoms with Crippen LogP contribution in [0.15, 0.2) is 16.6 Å². The predicted molar refractivity (Wildman–Crippen MR) is 85.1 cm³/mol. The molecule has 1 saturated carbocycles. The topological polar surface area (TPSA) is 55.2 Å². The summed E-state index contributed by atoms with van der Waals surface area (Å²) in [5, 5.41) is 14.5. The number of hydrogen-bond donors (Lipinski definition) is 1. The maximum absolute atomic E-state index is 11.0. The van der Waals surface area contributed by atoms with Crippen LogP contribution in [-0.2, 0) is 0 Å². The van der Waals surface area contributed by atoms with Gasteiger partial charge in [0.2, 0.25) is 0 Å². The Morgan fingerprint density at radius 2 is 1.85 bits per heavy atom. The minimum absolute atomic E-state index is 0.174. The standard InChI is InChI=1S/C15H21BrN2O2/c1-9-4-10(2)6-12(5-9)17-14-8-15(18(19)20)11(3)7-13(14)16/h7-10,12,17H,4-6H2,1-3H3. The lowest BCUT2D eigenvalue weighted by Gasteiger charge is -2.32. The Morgan fingerprint density at radius 3 is 2.40 bits per heavy atom. The molecule has 0 spiro atoms. The Morgan fingerprint density at radius 1 is 1.25 bits per heavy atom. The van der Waals surface area contributed by atoms with Gasteiger partial charge in [-0.15, -0.1) is 0 Å². The first-order valence-electron chi connectivity index (χ1n) is 7.08. The van der Waals surface area contributed by atoms with Crippen molar-refractivity contribution in [3.05, 3.63) is 32.3 Å². The zero-order valence-electron chi connectivity index (χ0n) is 12.1. The molecule has 5 heteroatoms. The Balaban J connectivity index is 2.20. The molecular formula is C15H21BrN2O2. The zero-order chi connectivity index (χ0) is 14.9. The number of benzene rings is 1. The van der Waals surface area contributed by atoms with Crippen molar-refractivity contribution in [3.8, 4) is 0 Å². The third kappa shape index (κ3) is 3.51. The van der Waals surface area contributed by atoms with E-state index in [9.17, 15) is 10.1 Å². The van der Waals surface area contributed by atoms with Gasteiger partial charge in [-0.25, -0.2) is 0 Å². The molecule has 0 aliphatic heterocycles. The smallest absolute Gasteiger partial charge is 0.274 e. The quantitative estimate of drug-likeness (QED) is 0.628. The summed E-state index contributed by atoms with van der Waals surface area (Å²) in [5.74, 6) is 1.41. The van der Waals surface area contributed by atoms with Crippen LogP contribution in [0.3, 0.4) is 0 Å². The molecular weight excluding hydrogens is 320 g/mol. The maximum Gasteiger partial charge on any atom is 0.274 e. The van der Waals surface area contributed by atoms with E-state index in [2.05, 4.69) is 35.1 Å². The van der Waals surface area contributed by atoms with Crippen LogP contribution < -0.4 is 5.32 Å². The van der Waals surface area contributed by atoms with E-state index in [1.807, 2.05) is 6.07 Å². The molecule has 110 valence electrons. The maximum atomic E-state index is 11.0. The van der Waals surface area contributed by atoms with Crippen LogP contribution in [0.1, 0.15) is 38.7 Å². The number of anilines is 1. The molecule has 0 aromatic heterocycles. The summed E-state index contributed by atoms with van der Waals surface area (Å²) < 4.78 is 0.895. The number of rotatable bonds is 3. The van der Waals surface area contributed by atoms with E-state index in [-0.39, 0.29) is 10.6 Å². The molecule has 0 amide bonds. The van der Waals surface area contributed by atoms with Gasteiger partial charge in [-0.3, -0.25) is 10.1 Å². The molecule has 1 aromatic rings. The normalized spacial score (nSPS) is 26.3. The first-order chi connectivity index (χ1) is 9.36. The van der Waals surface area contributed by atoms with Gasteiger partial charge in [-0.05, 0) is 60.0 Å². The Labute approximate surface area is 128 Å². The van der Waals surface area contributed by atoms with E-state index in [1.165, 1.54) is 6.42 Å². The summed E-state index contributed by atoms with van der Waals surface area (Å²) in [4.78, 5) is 10.7. The number of nitrogens with one attached hydrogen (secondary N) is 1. The fourth-order valence-electron chi connectivity index (χ4n) is 3.25. The molecule has 0 radical (unpaired) electrons. The van der Waals surface area contributed by atoms with Gasteiger partial charge >= 0.3 is 0 Å². The van der Waals surface area contributed by atoms with Crippen LogP contribution in [0, 0.1) is 28.9 Å². The molecule has 2 atom stereocenters. The van der Waals surface area contributed by atoms with Crippen LogP contribution >= 0.6 is 15.9 Å². The highest BCUT2D eigenvalue weighted by molar-refractivity contribution is 9.10. The minimum Gasteiger partial charge on any atom is -0.381 e. The highest BCUT2D eigenvalue weighted by atomic mass is 79.9. The zero-order valence-corrected chi connectivity index (χ0v) is 13.7. The molecule has 1 aromatic carbocycles. The van der Waals surface area contributed by atoms with Gasteiger partial charge < -0.3 is 5.32 Å². The number of nitro benzene ring substituents is 1. The van der Waals surface area contributed by atoms with Crippen molar-refractivity contribution in [3.63, 3.8) is 0 Å². The highest BCUT2D eigenvalue weighted by Crippen LogP contribution is 2.35. The van der Waals surface area contributed by atoms with Gasteiger partial charge in [-0.1, -0.05) is 13.8 Å². The summed E-state index contributed by atoms with van der Waals surface area (Å²) >= 11 is 3.50. The lowest BCUT2D eigenvalue weighted by atomic mass is 9.80. The average molecular weight is 341 g/mol.